The number of rotatable bonds is 29. The zero-order valence-corrected chi connectivity index (χ0v) is 28.1. The standard InChI is InChI=1S/C38H73NO2/c1-3-5-7-9-11-13-15-17-19-21-23-27-31-35(37(39)41)36(40)38(33-29-25-26-30-34-38)32-28-24-22-20-18-16-14-12-10-8-6-4-2/h35H,3-34H2,1-2H3,(H2,39,41). The maximum Gasteiger partial charge on any atom is 0.228 e. The van der Waals surface area contributed by atoms with E-state index >= 15 is 0 Å². The highest BCUT2D eigenvalue weighted by atomic mass is 16.2. The zero-order valence-electron chi connectivity index (χ0n) is 28.1. The SMILES string of the molecule is CCCCCCCCCCCCCCC(C(N)=O)C(=O)C1(CCCCCCCCCCCCCC)CCCCCC1. The van der Waals surface area contributed by atoms with E-state index in [4.69, 9.17) is 5.73 Å². The fourth-order valence-corrected chi connectivity index (χ4v) is 7.29. The number of Topliss-reactive ketones (excluding diaryl/α,β-unsaturated/α-hetero) is 1. The van der Waals surface area contributed by atoms with Gasteiger partial charge in [0.1, 0.15) is 0 Å². The van der Waals surface area contributed by atoms with Crippen molar-refractivity contribution in [2.45, 2.75) is 219 Å². The summed E-state index contributed by atoms with van der Waals surface area (Å²) in [4.78, 5) is 26.5. The van der Waals surface area contributed by atoms with Gasteiger partial charge in [-0.05, 0) is 25.7 Å². The molecular weight excluding hydrogens is 502 g/mol. The van der Waals surface area contributed by atoms with Crippen molar-refractivity contribution in [3.8, 4) is 0 Å². The molecule has 1 saturated carbocycles. The van der Waals surface area contributed by atoms with Crippen LogP contribution in [0.2, 0.25) is 0 Å². The van der Waals surface area contributed by atoms with Crippen molar-refractivity contribution < 1.29 is 9.59 Å². The van der Waals surface area contributed by atoms with Crippen LogP contribution in [-0.4, -0.2) is 11.7 Å². The van der Waals surface area contributed by atoms with Crippen LogP contribution in [0.15, 0.2) is 0 Å². The van der Waals surface area contributed by atoms with Gasteiger partial charge in [0.05, 0.1) is 5.92 Å². The second-order valence-electron chi connectivity index (χ2n) is 13.8. The van der Waals surface area contributed by atoms with E-state index in [1.54, 1.807) is 0 Å². The summed E-state index contributed by atoms with van der Waals surface area (Å²) in [6.45, 7) is 4.56. The molecule has 0 aromatic rings. The molecule has 1 aliphatic carbocycles. The molecule has 1 rings (SSSR count). The molecule has 0 radical (unpaired) electrons. The lowest BCUT2D eigenvalue weighted by Gasteiger charge is -2.34. The van der Waals surface area contributed by atoms with Gasteiger partial charge in [0.25, 0.3) is 0 Å². The van der Waals surface area contributed by atoms with Crippen molar-refractivity contribution in [2.24, 2.45) is 17.1 Å². The zero-order chi connectivity index (χ0) is 29.9. The van der Waals surface area contributed by atoms with E-state index in [0.717, 1.165) is 51.4 Å². The Morgan fingerprint density at radius 2 is 0.854 bits per heavy atom. The Morgan fingerprint density at radius 3 is 1.22 bits per heavy atom. The second kappa shape index (κ2) is 26.7. The molecule has 0 saturated heterocycles. The first-order valence-corrected chi connectivity index (χ1v) is 18.9. The molecule has 0 aromatic heterocycles. The van der Waals surface area contributed by atoms with Gasteiger partial charge in [-0.3, -0.25) is 9.59 Å². The molecule has 1 atom stereocenters. The number of carbonyl (C=O) groups is 2. The molecule has 2 N–H and O–H groups in total. The molecule has 1 aliphatic rings. The van der Waals surface area contributed by atoms with E-state index in [1.807, 2.05) is 0 Å². The minimum absolute atomic E-state index is 0.220. The summed E-state index contributed by atoms with van der Waals surface area (Å²) >= 11 is 0. The van der Waals surface area contributed by atoms with E-state index in [2.05, 4.69) is 13.8 Å². The number of hydrogen-bond donors (Lipinski definition) is 1. The first-order valence-electron chi connectivity index (χ1n) is 18.9. The van der Waals surface area contributed by atoms with Crippen molar-refractivity contribution in [3.63, 3.8) is 0 Å². The van der Waals surface area contributed by atoms with Gasteiger partial charge < -0.3 is 5.73 Å². The molecule has 242 valence electrons. The molecule has 41 heavy (non-hydrogen) atoms. The van der Waals surface area contributed by atoms with Crippen molar-refractivity contribution in [1.82, 2.24) is 0 Å². The summed E-state index contributed by atoms with van der Waals surface area (Å²) in [6.07, 6.45) is 40.0. The number of carbonyl (C=O) groups excluding carboxylic acids is 2. The first-order chi connectivity index (χ1) is 20.1. The number of nitrogens with two attached hydrogens (primary N) is 1. The Hall–Kier alpha value is -0.860. The summed E-state index contributed by atoms with van der Waals surface area (Å²) in [5, 5.41) is 0. The molecule has 0 heterocycles. The van der Waals surface area contributed by atoms with E-state index in [0.29, 0.717) is 6.42 Å². The first kappa shape index (κ1) is 38.2. The fourth-order valence-electron chi connectivity index (χ4n) is 7.29. The van der Waals surface area contributed by atoms with Crippen LogP contribution in [0.3, 0.4) is 0 Å². The van der Waals surface area contributed by atoms with Crippen LogP contribution >= 0.6 is 0 Å². The van der Waals surface area contributed by atoms with Crippen molar-refractivity contribution in [2.75, 3.05) is 0 Å². The monoisotopic (exact) mass is 576 g/mol. The molecule has 1 amide bonds. The van der Waals surface area contributed by atoms with Gasteiger partial charge >= 0.3 is 0 Å². The average Bonchev–Trinajstić information content (AvgIpc) is 3.22. The molecule has 1 fully saturated rings. The van der Waals surface area contributed by atoms with E-state index < -0.39 is 5.92 Å². The number of unbranched alkanes of at least 4 members (excludes halogenated alkanes) is 22. The molecule has 0 bridgehead atoms. The Bertz CT molecular complexity index is 607. The largest absolute Gasteiger partial charge is 0.369 e. The summed E-state index contributed by atoms with van der Waals surface area (Å²) in [7, 11) is 0. The third kappa shape index (κ3) is 19.1. The normalized spacial score (nSPS) is 16.0. The maximum atomic E-state index is 14.0. The second-order valence-corrected chi connectivity index (χ2v) is 13.8. The minimum Gasteiger partial charge on any atom is -0.369 e. The van der Waals surface area contributed by atoms with Crippen LogP contribution in [0.25, 0.3) is 0 Å². The van der Waals surface area contributed by atoms with Crippen molar-refractivity contribution >= 4 is 11.7 Å². The quantitative estimate of drug-likeness (QED) is 0.0547. The van der Waals surface area contributed by atoms with E-state index in [-0.39, 0.29) is 17.1 Å². The van der Waals surface area contributed by atoms with Gasteiger partial charge in [0.15, 0.2) is 5.78 Å². The topological polar surface area (TPSA) is 60.2 Å². The van der Waals surface area contributed by atoms with Crippen LogP contribution in [0.4, 0.5) is 0 Å². The number of primary amides is 1. The van der Waals surface area contributed by atoms with Crippen LogP contribution in [-0.2, 0) is 9.59 Å². The molecule has 1 unspecified atom stereocenters. The highest BCUT2D eigenvalue weighted by molar-refractivity contribution is 6.03. The average molecular weight is 576 g/mol. The highest BCUT2D eigenvalue weighted by Gasteiger charge is 2.42. The van der Waals surface area contributed by atoms with Crippen LogP contribution < -0.4 is 5.73 Å². The van der Waals surface area contributed by atoms with Gasteiger partial charge in [-0.1, -0.05) is 194 Å². The van der Waals surface area contributed by atoms with Crippen LogP contribution in [0.5, 0.6) is 0 Å². The van der Waals surface area contributed by atoms with E-state index in [9.17, 15) is 9.59 Å². The summed E-state index contributed by atoms with van der Waals surface area (Å²) < 4.78 is 0. The summed E-state index contributed by atoms with van der Waals surface area (Å²) in [6, 6.07) is 0. The molecular formula is C38H73NO2. The Morgan fingerprint density at radius 1 is 0.512 bits per heavy atom. The number of ketones is 1. The van der Waals surface area contributed by atoms with Crippen molar-refractivity contribution in [1.29, 1.82) is 0 Å². The molecule has 3 heteroatoms. The maximum absolute atomic E-state index is 14.0. The van der Waals surface area contributed by atoms with Gasteiger partial charge in [0.2, 0.25) is 5.91 Å². The molecule has 0 spiro atoms. The predicted molar refractivity (Wildman–Crippen MR) is 179 cm³/mol. The minimum atomic E-state index is -0.562. The van der Waals surface area contributed by atoms with Gasteiger partial charge in [0, 0.05) is 5.41 Å². The smallest absolute Gasteiger partial charge is 0.228 e. The fraction of sp³-hybridized carbons (Fsp3) is 0.947. The molecule has 0 aliphatic heterocycles. The lowest BCUT2D eigenvalue weighted by atomic mass is 9.68. The van der Waals surface area contributed by atoms with Crippen LogP contribution in [0.1, 0.15) is 219 Å². The van der Waals surface area contributed by atoms with Gasteiger partial charge in [-0.25, -0.2) is 0 Å². The summed E-state index contributed by atoms with van der Waals surface area (Å²) in [5.41, 5.74) is 5.60. The lowest BCUT2D eigenvalue weighted by molar-refractivity contribution is -0.140. The van der Waals surface area contributed by atoms with Gasteiger partial charge in [-0.2, -0.15) is 0 Å². The van der Waals surface area contributed by atoms with Gasteiger partial charge in [-0.15, -0.1) is 0 Å². The third-order valence-electron chi connectivity index (χ3n) is 10.1. The summed E-state index contributed by atoms with van der Waals surface area (Å²) in [5.74, 6) is -0.706. The molecule has 0 aromatic carbocycles. The predicted octanol–water partition coefficient (Wildman–Crippen LogP) is 12.2. The lowest BCUT2D eigenvalue weighted by Crippen LogP contribution is -2.41. The van der Waals surface area contributed by atoms with Crippen LogP contribution in [0, 0.1) is 11.3 Å². The Kier molecular flexibility index (Phi) is 24.9. The highest BCUT2D eigenvalue weighted by Crippen LogP contribution is 2.43. The number of amides is 1. The molecule has 3 nitrogen and oxygen atoms in total. The van der Waals surface area contributed by atoms with E-state index in [1.165, 1.54) is 148 Å². The third-order valence-corrected chi connectivity index (χ3v) is 10.1. The Balaban J connectivity index is 2.34. The Labute approximate surface area is 257 Å². The number of hydrogen-bond acceptors (Lipinski definition) is 2. The van der Waals surface area contributed by atoms with Crippen molar-refractivity contribution in [3.05, 3.63) is 0 Å².